The quantitative estimate of drug-likeness (QED) is 0.357. The largest absolute Gasteiger partial charge is 0.453 e. The van der Waals surface area contributed by atoms with Gasteiger partial charge in [0.05, 0.1) is 6.04 Å². The summed E-state index contributed by atoms with van der Waals surface area (Å²) in [6, 6.07) is 3.87. The highest BCUT2D eigenvalue weighted by Crippen LogP contribution is 2.23. The highest BCUT2D eigenvalue weighted by Gasteiger charge is 2.12. The number of furan rings is 1. The van der Waals surface area contributed by atoms with E-state index < -0.39 is 0 Å². The lowest BCUT2D eigenvalue weighted by atomic mass is 10.1. The number of nitrogens with one attached hydrogen (secondary N) is 1. The summed E-state index contributed by atoms with van der Waals surface area (Å²) in [5.41, 5.74) is 2.74. The minimum absolute atomic E-state index is 0.0845. The molecule has 1 rings (SSSR count). The predicted molar refractivity (Wildman–Crippen MR) is 60.5 cm³/mol. The van der Waals surface area contributed by atoms with E-state index in [1.807, 2.05) is 18.2 Å². The van der Waals surface area contributed by atoms with Gasteiger partial charge in [-0.2, -0.15) is 0 Å². The molecule has 78 valence electrons. The summed E-state index contributed by atoms with van der Waals surface area (Å²) in [4.78, 5) is 0. The summed E-state index contributed by atoms with van der Waals surface area (Å²) in [5.74, 6) is 6.31. The van der Waals surface area contributed by atoms with Crippen LogP contribution in [0.2, 0.25) is 0 Å². The standard InChI is InChI=1S/C10H15BrN2O/c1-2-3-4-5-8(13-12)9-6-7-10(11)14-9/h2,6-8,13H,1,3-5,12H2. The van der Waals surface area contributed by atoms with Gasteiger partial charge < -0.3 is 4.42 Å². The third-order valence-electron chi connectivity index (χ3n) is 2.04. The molecular weight excluding hydrogens is 244 g/mol. The number of allylic oxidation sites excluding steroid dienone is 1. The second kappa shape index (κ2) is 6.01. The summed E-state index contributed by atoms with van der Waals surface area (Å²) in [7, 11) is 0. The Morgan fingerprint density at radius 1 is 1.64 bits per heavy atom. The molecule has 3 N–H and O–H groups in total. The fraction of sp³-hybridized carbons (Fsp3) is 0.400. The van der Waals surface area contributed by atoms with Gasteiger partial charge in [0.25, 0.3) is 0 Å². The van der Waals surface area contributed by atoms with Crippen molar-refractivity contribution in [2.24, 2.45) is 5.84 Å². The molecule has 0 fully saturated rings. The summed E-state index contributed by atoms with van der Waals surface area (Å²) >= 11 is 3.26. The van der Waals surface area contributed by atoms with Crippen molar-refractivity contribution in [1.82, 2.24) is 5.43 Å². The smallest absolute Gasteiger partial charge is 0.169 e. The molecule has 14 heavy (non-hydrogen) atoms. The number of rotatable bonds is 6. The van der Waals surface area contributed by atoms with Crippen molar-refractivity contribution >= 4 is 15.9 Å². The Kier molecular flexibility index (Phi) is 4.93. The topological polar surface area (TPSA) is 51.2 Å². The van der Waals surface area contributed by atoms with Crippen LogP contribution >= 0.6 is 15.9 Å². The van der Waals surface area contributed by atoms with Gasteiger partial charge in [0.2, 0.25) is 0 Å². The number of hydrogen-bond donors (Lipinski definition) is 2. The number of unbranched alkanes of at least 4 members (excludes halogenated alkanes) is 1. The predicted octanol–water partition coefficient (Wildman–Crippen LogP) is 2.90. The summed E-state index contributed by atoms with van der Waals surface area (Å²) in [5, 5.41) is 0. The van der Waals surface area contributed by atoms with Gasteiger partial charge in [0.1, 0.15) is 5.76 Å². The lowest BCUT2D eigenvalue weighted by Crippen LogP contribution is -2.27. The fourth-order valence-corrected chi connectivity index (χ4v) is 1.61. The van der Waals surface area contributed by atoms with E-state index in [9.17, 15) is 0 Å². The third kappa shape index (κ3) is 3.29. The molecule has 1 atom stereocenters. The monoisotopic (exact) mass is 258 g/mol. The Hall–Kier alpha value is -0.580. The first-order valence-electron chi connectivity index (χ1n) is 4.60. The van der Waals surface area contributed by atoms with Crippen LogP contribution < -0.4 is 11.3 Å². The molecule has 0 bridgehead atoms. The van der Waals surface area contributed by atoms with Crippen molar-refractivity contribution in [3.8, 4) is 0 Å². The Morgan fingerprint density at radius 2 is 2.43 bits per heavy atom. The number of hydrazine groups is 1. The van der Waals surface area contributed by atoms with E-state index in [0.717, 1.165) is 29.7 Å². The Labute approximate surface area is 92.5 Å². The molecule has 0 aliphatic rings. The van der Waals surface area contributed by atoms with Crippen molar-refractivity contribution in [2.75, 3.05) is 0 Å². The molecule has 1 heterocycles. The second-order valence-electron chi connectivity index (χ2n) is 3.08. The van der Waals surface area contributed by atoms with E-state index >= 15 is 0 Å². The van der Waals surface area contributed by atoms with Crippen LogP contribution in [0.1, 0.15) is 31.1 Å². The van der Waals surface area contributed by atoms with E-state index in [4.69, 9.17) is 10.3 Å². The van der Waals surface area contributed by atoms with Crippen LogP contribution in [0.3, 0.4) is 0 Å². The average Bonchev–Trinajstić information content (AvgIpc) is 2.60. The van der Waals surface area contributed by atoms with Gasteiger partial charge in [-0.25, -0.2) is 5.43 Å². The fourth-order valence-electron chi connectivity index (χ4n) is 1.29. The SMILES string of the molecule is C=CCCCC(NN)c1ccc(Br)o1. The van der Waals surface area contributed by atoms with E-state index in [1.165, 1.54) is 0 Å². The first kappa shape index (κ1) is 11.5. The molecule has 0 aliphatic carbocycles. The Balaban J connectivity index is 2.49. The zero-order chi connectivity index (χ0) is 10.4. The van der Waals surface area contributed by atoms with Crippen molar-refractivity contribution in [2.45, 2.75) is 25.3 Å². The van der Waals surface area contributed by atoms with Gasteiger partial charge in [-0.3, -0.25) is 5.84 Å². The maximum absolute atomic E-state index is 5.45. The molecule has 0 radical (unpaired) electrons. The normalized spacial score (nSPS) is 12.7. The second-order valence-corrected chi connectivity index (χ2v) is 3.86. The molecule has 0 aromatic carbocycles. The van der Waals surface area contributed by atoms with Gasteiger partial charge in [-0.15, -0.1) is 6.58 Å². The van der Waals surface area contributed by atoms with Crippen LogP contribution in [0.5, 0.6) is 0 Å². The van der Waals surface area contributed by atoms with Gasteiger partial charge >= 0.3 is 0 Å². The van der Waals surface area contributed by atoms with E-state index in [1.54, 1.807) is 0 Å². The first-order valence-corrected chi connectivity index (χ1v) is 5.39. The molecule has 4 heteroatoms. The number of nitrogens with two attached hydrogens (primary N) is 1. The van der Waals surface area contributed by atoms with Crippen molar-refractivity contribution in [3.63, 3.8) is 0 Å². The number of hydrogen-bond acceptors (Lipinski definition) is 3. The van der Waals surface area contributed by atoms with E-state index in [0.29, 0.717) is 0 Å². The molecule has 0 aliphatic heterocycles. The minimum atomic E-state index is 0.0845. The molecule has 0 saturated heterocycles. The van der Waals surface area contributed by atoms with Crippen LogP contribution in [0, 0.1) is 0 Å². The summed E-state index contributed by atoms with van der Waals surface area (Å²) in [6.07, 6.45) is 4.91. The molecule has 1 aromatic rings. The highest BCUT2D eigenvalue weighted by atomic mass is 79.9. The van der Waals surface area contributed by atoms with Gasteiger partial charge in [0, 0.05) is 0 Å². The molecule has 1 unspecified atom stereocenters. The molecule has 0 amide bonds. The maximum atomic E-state index is 5.45. The molecular formula is C10H15BrN2O. The van der Waals surface area contributed by atoms with Crippen LogP contribution in [0.15, 0.2) is 33.9 Å². The molecule has 0 saturated carbocycles. The maximum Gasteiger partial charge on any atom is 0.169 e. The molecule has 1 aromatic heterocycles. The average molecular weight is 259 g/mol. The molecule has 3 nitrogen and oxygen atoms in total. The van der Waals surface area contributed by atoms with E-state index in [-0.39, 0.29) is 6.04 Å². The van der Waals surface area contributed by atoms with Gasteiger partial charge in [0.15, 0.2) is 4.67 Å². The highest BCUT2D eigenvalue weighted by molar-refractivity contribution is 9.10. The van der Waals surface area contributed by atoms with Crippen LogP contribution in [-0.2, 0) is 0 Å². The lowest BCUT2D eigenvalue weighted by Gasteiger charge is -2.11. The Bertz CT molecular complexity index is 285. The number of halogens is 1. The lowest BCUT2D eigenvalue weighted by molar-refractivity contribution is 0.386. The van der Waals surface area contributed by atoms with Crippen molar-refractivity contribution < 1.29 is 4.42 Å². The van der Waals surface area contributed by atoms with Gasteiger partial charge in [-0.1, -0.05) is 6.08 Å². The summed E-state index contributed by atoms with van der Waals surface area (Å²) in [6.45, 7) is 3.68. The zero-order valence-corrected chi connectivity index (χ0v) is 9.59. The van der Waals surface area contributed by atoms with Crippen molar-refractivity contribution in [1.29, 1.82) is 0 Å². The zero-order valence-electron chi connectivity index (χ0n) is 8.00. The van der Waals surface area contributed by atoms with Crippen LogP contribution in [-0.4, -0.2) is 0 Å². The van der Waals surface area contributed by atoms with Crippen molar-refractivity contribution in [3.05, 3.63) is 35.2 Å². The Morgan fingerprint density at radius 3 is 2.93 bits per heavy atom. The van der Waals surface area contributed by atoms with Gasteiger partial charge in [-0.05, 0) is 47.3 Å². The van der Waals surface area contributed by atoms with Crippen LogP contribution in [0.4, 0.5) is 0 Å². The van der Waals surface area contributed by atoms with Crippen LogP contribution in [0.25, 0.3) is 0 Å². The molecule has 0 spiro atoms. The summed E-state index contributed by atoms with van der Waals surface area (Å²) < 4.78 is 6.15. The minimum Gasteiger partial charge on any atom is -0.453 e. The third-order valence-corrected chi connectivity index (χ3v) is 2.47. The first-order chi connectivity index (χ1) is 6.77. The van der Waals surface area contributed by atoms with E-state index in [2.05, 4.69) is 27.9 Å².